The first-order chi connectivity index (χ1) is 16.8. The summed E-state index contributed by atoms with van der Waals surface area (Å²) in [7, 11) is 1.21. The van der Waals surface area contributed by atoms with Crippen LogP contribution in [0.1, 0.15) is 44.9 Å². The number of nitrogens with zero attached hydrogens (tertiary/aromatic N) is 2. The number of ether oxygens (including phenoxy) is 2. The fraction of sp³-hybridized carbons (Fsp3) is 0.423. The van der Waals surface area contributed by atoms with Crippen LogP contribution in [0.4, 0.5) is 4.79 Å². The molecule has 1 aromatic heterocycles. The maximum atomic E-state index is 13.5. The van der Waals surface area contributed by atoms with Crippen LogP contribution in [0.15, 0.2) is 42.5 Å². The number of fused-ring (bicyclic) bond motifs is 1. The van der Waals surface area contributed by atoms with Crippen LogP contribution in [0.25, 0.3) is 16.5 Å². The maximum Gasteiger partial charge on any atom is 0.419 e. The lowest BCUT2D eigenvalue weighted by Gasteiger charge is -2.32. The first-order valence-electron chi connectivity index (χ1n) is 11.5. The molecule has 0 saturated heterocycles. The number of hydrogen-bond donors (Lipinski definition) is 0. The van der Waals surface area contributed by atoms with Gasteiger partial charge in [0, 0.05) is 18.5 Å². The predicted octanol–water partition coefficient (Wildman–Crippen LogP) is 6.07. The Balaban J connectivity index is 2.15. The highest BCUT2D eigenvalue weighted by Crippen LogP contribution is 2.41. The zero-order valence-electron chi connectivity index (χ0n) is 20.7. The number of halogens is 3. The van der Waals surface area contributed by atoms with Crippen LogP contribution in [0.3, 0.4) is 0 Å². The van der Waals surface area contributed by atoms with Crippen molar-refractivity contribution in [3.63, 3.8) is 0 Å². The monoisotopic (exact) mass is 554 g/mol. The number of rotatable bonds is 6. The van der Waals surface area contributed by atoms with Gasteiger partial charge in [-0.15, -0.1) is 0 Å². The van der Waals surface area contributed by atoms with E-state index in [9.17, 15) is 14.4 Å². The summed E-state index contributed by atoms with van der Waals surface area (Å²) in [6.07, 6.45) is 2.84. The van der Waals surface area contributed by atoms with Crippen molar-refractivity contribution in [2.45, 2.75) is 49.4 Å². The number of esters is 1. The number of para-hydroxylation sites is 1. The molecule has 0 aliphatic carbocycles. The highest BCUT2D eigenvalue weighted by atomic mass is 35.6. The van der Waals surface area contributed by atoms with Crippen molar-refractivity contribution < 1.29 is 23.9 Å². The summed E-state index contributed by atoms with van der Waals surface area (Å²) in [5, 5.41) is 0.595. The van der Waals surface area contributed by atoms with E-state index in [0.717, 1.165) is 12.8 Å². The van der Waals surface area contributed by atoms with Crippen LogP contribution in [0, 0.1) is 0 Å². The lowest BCUT2D eigenvalue weighted by Crippen LogP contribution is -2.42. The number of hydrogen-bond acceptors (Lipinski definition) is 5. The number of methoxy groups -OCH3 is 1. The fourth-order valence-corrected chi connectivity index (χ4v) is 4.20. The average Bonchev–Trinajstić information content (AvgIpc) is 3.16. The summed E-state index contributed by atoms with van der Waals surface area (Å²) in [6.45, 7) is 9.97. The molecule has 1 aromatic carbocycles. The molecule has 1 aliphatic rings. The average molecular weight is 556 g/mol. The lowest BCUT2D eigenvalue weighted by molar-refractivity contribution is -0.134. The molecule has 10 heteroatoms. The number of benzene rings is 1. The van der Waals surface area contributed by atoms with E-state index in [4.69, 9.17) is 44.3 Å². The highest BCUT2D eigenvalue weighted by molar-refractivity contribution is 6.68. The van der Waals surface area contributed by atoms with Crippen molar-refractivity contribution in [3.05, 3.63) is 53.8 Å². The minimum absolute atomic E-state index is 0.0585. The van der Waals surface area contributed by atoms with Crippen molar-refractivity contribution in [1.82, 2.24) is 9.47 Å². The van der Waals surface area contributed by atoms with Crippen molar-refractivity contribution in [3.8, 4) is 0 Å². The van der Waals surface area contributed by atoms with Gasteiger partial charge < -0.3 is 14.4 Å². The largest absolute Gasteiger partial charge is 0.465 e. The molecule has 0 unspecified atom stereocenters. The standard InChI is InChI=1S/C26H29Cl3N2O5/c1-6-17-10-9-13-30(15-17)21(32)14-19-18-11-7-8-12-20(18)31(22(19)16(2)23(33)35-5)24(34)36-25(3,4)26(27,28)29/h7-8,10-12H,2,6,9,13-15H2,1,3-5H3. The summed E-state index contributed by atoms with van der Waals surface area (Å²) in [5.41, 5.74) is 0.559. The quantitative estimate of drug-likeness (QED) is 0.187. The molecule has 0 saturated carbocycles. The maximum absolute atomic E-state index is 13.5. The van der Waals surface area contributed by atoms with Gasteiger partial charge in [0.1, 0.15) is 0 Å². The van der Waals surface area contributed by atoms with Crippen LogP contribution < -0.4 is 0 Å². The molecule has 0 radical (unpaired) electrons. The van der Waals surface area contributed by atoms with Gasteiger partial charge >= 0.3 is 12.1 Å². The van der Waals surface area contributed by atoms with E-state index in [0.29, 0.717) is 29.6 Å². The number of carbonyl (C=O) groups is 3. The van der Waals surface area contributed by atoms with E-state index in [1.165, 1.54) is 31.1 Å². The van der Waals surface area contributed by atoms with E-state index in [1.54, 1.807) is 29.2 Å². The summed E-state index contributed by atoms with van der Waals surface area (Å²) < 4.78 is 9.74. The first kappa shape index (κ1) is 28.1. The topological polar surface area (TPSA) is 77.8 Å². The van der Waals surface area contributed by atoms with E-state index in [-0.39, 0.29) is 23.6 Å². The molecule has 3 rings (SSSR count). The fourth-order valence-electron chi connectivity index (χ4n) is 4.08. The van der Waals surface area contributed by atoms with Crippen molar-refractivity contribution in [1.29, 1.82) is 0 Å². The molecule has 7 nitrogen and oxygen atoms in total. The molecule has 194 valence electrons. The molecule has 0 bridgehead atoms. The highest BCUT2D eigenvalue weighted by Gasteiger charge is 2.45. The van der Waals surface area contributed by atoms with Gasteiger partial charge in [-0.1, -0.05) is 78.2 Å². The van der Waals surface area contributed by atoms with E-state index < -0.39 is 21.5 Å². The van der Waals surface area contributed by atoms with E-state index in [2.05, 4.69) is 19.6 Å². The molecule has 0 N–H and O–H groups in total. The van der Waals surface area contributed by atoms with E-state index in [1.807, 2.05) is 0 Å². The summed E-state index contributed by atoms with van der Waals surface area (Å²) >= 11 is 18.1. The number of amides is 1. The minimum atomic E-state index is -1.93. The second kappa shape index (κ2) is 10.9. The molecule has 2 aromatic rings. The Morgan fingerprint density at radius 2 is 1.81 bits per heavy atom. The molecule has 0 fully saturated rings. The predicted molar refractivity (Wildman–Crippen MR) is 143 cm³/mol. The van der Waals surface area contributed by atoms with Crippen LogP contribution in [-0.2, 0) is 25.5 Å². The molecule has 0 spiro atoms. The summed E-state index contributed by atoms with van der Waals surface area (Å²) in [4.78, 5) is 41.3. The normalized spacial score (nSPS) is 14.4. The second-order valence-corrected chi connectivity index (χ2v) is 11.3. The van der Waals surface area contributed by atoms with Crippen LogP contribution in [0.5, 0.6) is 0 Å². The van der Waals surface area contributed by atoms with Crippen molar-refractivity contribution >= 4 is 69.2 Å². The lowest BCUT2D eigenvalue weighted by atomic mass is 10.0. The zero-order valence-corrected chi connectivity index (χ0v) is 23.0. The smallest absolute Gasteiger partial charge is 0.419 e. The number of carbonyl (C=O) groups excluding carboxylic acids is 3. The van der Waals surface area contributed by atoms with Crippen molar-refractivity contribution in [2.75, 3.05) is 20.2 Å². The minimum Gasteiger partial charge on any atom is -0.465 e. The molecule has 0 atom stereocenters. The van der Waals surface area contributed by atoms with Gasteiger partial charge in [0.25, 0.3) is 0 Å². The van der Waals surface area contributed by atoms with Crippen LogP contribution in [0.2, 0.25) is 0 Å². The third-order valence-electron chi connectivity index (χ3n) is 6.27. The second-order valence-electron chi connectivity index (χ2n) is 9.02. The summed E-state index contributed by atoms with van der Waals surface area (Å²) in [6, 6.07) is 6.95. The van der Waals surface area contributed by atoms with Gasteiger partial charge in [-0.2, -0.15) is 0 Å². The summed E-state index contributed by atoms with van der Waals surface area (Å²) in [5.74, 6) is -0.888. The molecule has 2 heterocycles. The molecule has 36 heavy (non-hydrogen) atoms. The Hall–Kier alpha value is -2.48. The van der Waals surface area contributed by atoms with Gasteiger partial charge in [-0.3, -0.25) is 4.79 Å². The molecular formula is C26H29Cl3N2O5. The Bertz CT molecular complexity index is 1240. The Morgan fingerprint density at radius 3 is 2.42 bits per heavy atom. The zero-order chi connectivity index (χ0) is 26.8. The van der Waals surface area contributed by atoms with Gasteiger partial charge in [-0.05, 0) is 38.3 Å². The Morgan fingerprint density at radius 1 is 1.14 bits per heavy atom. The molecule has 1 amide bonds. The third-order valence-corrected chi connectivity index (χ3v) is 7.63. The third kappa shape index (κ3) is 5.58. The van der Waals surface area contributed by atoms with Crippen molar-refractivity contribution in [2.24, 2.45) is 0 Å². The van der Waals surface area contributed by atoms with Crippen LogP contribution in [-0.4, -0.2) is 57.0 Å². The Labute approximate surface area is 225 Å². The first-order valence-corrected chi connectivity index (χ1v) is 12.6. The molecular weight excluding hydrogens is 527 g/mol. The Kier molecular flexibility index (Phi) is 8.48. The number of aromatic nitrogens is 1. The van der Waals surface area contributed by atoms with E-state index >= 15 is 0 Å². The van der Waals surface area contributed by atoms with Gasteiger partial charge in [0.2, 0.25) is 9.70 Å². The van der Waals surface area contributed by atoms with Gasteiger partial charge in [-0.25, -0.2) is 14.2 Å². The molecule has 1 aliphatic heterocycles. The van der Waals surface area contributed by atoms with Crippen LogP contribution >= 0.6 is 34.8 Å². The number of alkyl halides is 3. The van der Waals surface area contributed by atoms with Gasteiger partial charge in [0.15, 0.2) is 5.60 Å². The van der Waals surface area contributed by atoms with Gasteiger partial charge in [0.05, 0.1) is 30.3 Å². The SMILES string of the molecule is C=C(C(=O)OC)c1c(CC(=O)N2CCC=C(CC)C2)c2ccccc2n1C(=O)OC(C)(C)C(Cl)(Cl)Cl.